The van der Waals surface area contributed by atoms with Gasteiger partial charge < -0.3 is 8.23 Å². The van der Waals surface area contributed by atoms with Crippen LogP contribution in [0.15, 0.2) is 91.0 Å². The Morgan fingerprint density at radius 3 is 0.830 bits per heavy atom. The maximum Gasteiger partial charge on any atom is 0.311 e. The molecule has 0 spiro atoms. The molecule has 0 aliphatic carbocycles. The SMILES string of the molecule is CC.CCC.CCC.CCC.CC[Si](C)(C)O[Si](C)(C)O[Si](C)(C)CC.CCc1ccccc1.c1ccc(Cc2ccccc2)cc1. The highest BCUT2D eigenvalue weighted by atomic mass is 28.5. The minimum absolute atomic E-state index is 1.03. The fraction of sp³-hybridized carbons (Fsp3) is 0.571. The fourth-order valence-corrected chi connectivity index (χ4v) is 16.0. The van der Waals surface area contributed by atoms with E-state index in [1.54, 1.807) is 0 Å². The van der Waals surface area contributed by atoms with E-state index in [0.29, 0.717) is 0 Å². The predicted molar refractivity (Wildman–Crippen MR) is 226 cm³/mol. The largest absolute Gasteiger partial charge is 0.437 e. The van der Waals surface area contributed by atoms with Gasteiger partial charge in [-0.1, -0.05) is 186 Å². The minimum Gasteiger partial charge on any atom is -0.437 e. The second kappa shape index (κ2) is 34.1. The lowest BCUT2D eigenvalue weighted by Gasteiger charge is -2.38. The summed E-state index contributed by atoms with van der Waals surface area (Å²) in [6.07, 6.45) is 5.92. The average Bonchev–Trinajstić information content (AvgIpc) is 3.04. The minimum atomic E-state index is -1.89. The highest BCUT2D eigenvalue weighted by Gasteiger charge is 2.38. The molecule has 0 saturated carbocycles. The summed E-state index contributed by atoms with van der Waals surface area (Å²) in [7, 11) is -4.83. The molecule has 0 aliphatic heterocycles. The smallest absolute Gasteiger partial charge is 0.311 e. The molecule has 0 atom stereocenters. The molecule has 0 amide bonds. The molecular weight excluding hydrogens is 621 g/mol. The van der Waals surface area contributed by atoms with E-state index in [9.17, 15) is 0 Å². The van der Waals surface area contributed by atoms with Gasteiger partial charge in [-0.3, -0.25) is 0 Å². The van der Waals surface area contributed by atoms with E-state index in [4.69, 9.17) is 8.23 Å². The van der Waals surface area contributed by atoms with Crippen LogP contribution in [0.25, 0.3) is 0 Å². The Morgan fingerprint density at radius 1 is 0.404 bits per heavy atom. The van der Waals surface area contributed by atoms with Gasteiger partial charge in [0.25, 0.3) is 0 Å². The topological polar surface area (TPSA) is 18.5 Å². The molecular formula is C42H80O2Si3. The van der Waals surface area contributed by atoms with E-state index in [-0.39, 0.29) is 0 Å². The maximum atomic E-state index is 6.30. The Hall–Kier alpha value is -1.77. The van der Waals surface area contributed by atoms with Crippen molar-refractivity contribution in [2.75, 3.05) is 0 Å². The summed E-state index contributed by atoms with van der Waals surface area (Å²) in [5.74, 6) is 0. The molecule has 3 rings (SSSR count). The summed E-state index contributed by atoms with van der Waals surface area (Å²) in [4.78, 5) is 0. The molecule has 272 valence electrons. The van der Waals surface area contributed by atoms with Crippen molar-refractivity contribution < 1.29 is 8.23 Å². The van der Waals surface area contributed by atoms with Crippen LogP contribution >= 0.6 is 0 Å². The number of hydrogen-bond acceptors (Lipinski definition) is 2. The van der Waals surface area contributed by atoms with Gasteiger partial charge in [-0.25, -0.2) is 0 Å². The molecule has 5 heteroatoms. The zero-order chi connectivity index (χ0) is 37.2. The summed E-state index contributed by atoms with van der Waals surface area (Å²) >= 11 is 0. The summed E-state index contributed by atoms with van der Waals surface area (Å²) in [5.41, 5.74) is 4.15. The Bertz CT molecular complexity index is 930. The third-order valence-electron chi connectivity index (χ3n) is 6.09. The van der Waals surface area contributed by atoms with Crippen LogP contribution in [-0.4, -0.2) is 25.2 Å². The second-order valence-corrected chi connectivity index (χ2v) is 25.8. The Kier molecular flexibility index (Phi) is 37.8. The van der Waals surface area contributed by atoms with Crippen LogP contribution < -0.4 is 0 Å². The molecule has 0 bridgehead atoms. The molecule has 0 radical (unpaired) electrons. The second-order valence-electron chi connectivity index (χ2n) is 12.9. The van der Waals surface area contributed by atoms with Gasteiger partial charge in [-0.05, 0) is 80.9 Å². The first-order valence-corrected chi connectivity index (χ1v) is 27.7. The molecule has 0 aromatic heterocycles. The summed E-state index contributed by atoms with van der Waals surface area (Å²) < 4.78 is 12.6. The number of aryl methyl sites for hydroxylation is 1. The zero-order valence-corrected chi connectivity index (χ0v) is 37.4. The van der Waals surface area contributed by atoms with Crippen molar-refractivity contribution >= 4 is 25.2 Å². The van der Waals surface area contributed by atoms with Crippen LogP contribution in [0.2, 0.25) is 51.4 Å². The summed E-state index contributed by atoms with van der Waals surface area (Å²) in [6.45, 7) is 36.9. The third kappa shape index (κ3) is 36.9. The van der Waals surface area contributed by atoms with E-state index in [1.165, 1.54) is 48.0 Å². The van der Waals surface area contributed by atoms with Gasteiger partial charge >= 0.3 is 8.56 Å². The van der Waals surface area contributed by atoms with E-state index in [0.717, 1.165) is 12.8 Å². The van der Waals surface area contributed by atoms with Gasteiger partial charge in [-0.2, -0.15) is 0 Å². The standard InChI is InChI=1S/C13H12.C10H28O2Si3.C8H10.3C3H8.C2H6/c1-3-7-12(8-4-1)11-13-9-5-2-6-10-13;1-9-13(3,4)11-15(7,8)12-14(5,6)10-2;1-2-8-6-4-3-5-7-8;3*1-3-2;1-2/h1-10H,11H2;9-10H2,1-8H3;3-7H,2H2,1H3;3*3H2,1-2H3;1-2H3. The van der Waals surface area contributed by atoms with Gasteiger partial charge in [0.05, 0.1) is 0 Å². The predicted octanol–water partition coefficient (Wildman–Crippen LogP) is 15.0. The third-order valence-corrected chi connectivity index (χ3v) is 17.9. The lowest BCUT2D eigenvalue weighted by Crippen LogP contribution is -2.51. The molecule has 47 heavy (non-hydrogen) atoms. The Labute approximate surface area is 299 Å². The zero-order valence-electron chi connectivity index (χ0n) is 34.4. The first kappa shape index (κ1) is 52.1. The lowest BCUT2D eigenvalue weighted by molar-refractivity contribution is 0.390. The highest BCUT2D eigenvalue weighted by Crippen LogP contribution is 2.23. The van der Waals surface area contributed by atoms with Crippen molar-refractivity contribution in [1.82, 2.24) is 0 Å². The highest BCUT2D eigenvalue weighted by molar-refractivity contribution is 6.87. The monoisotopic (exact) mass is 701 g/mol. The molecule has 2 nitrogen and oxygen atoms in total. The van der Waals surface area contributed by atoms with Crippen molar-refractivity contribution in [3.63, 3.8) is 0 Å². The number of benzene rings is 3. The summed E-state index contributed by atoms with van der Waals surface area (Å²) in [6, 6.07) is 33.9. The van der Waals surface area contributed by atoms with Crippen LogP contribution in [-0.2, 0) is 21.1 Å². The molecule has 0 heterocycles. The average molecular weight is 701 g/mol. The van der Waals surface area contributed by atoms with Gasteiger partial charge in [0, 0.05) is 0 Å². The van der Waals surface area contributed by atoms with E-state index >= 15 is 0 Å². The van der Waals surface area contributed by atoms with Crippen molar-refractivity contribution in [2.45, 2.75) is 160 Å². The van der Waals surface area contributed by atoms with Gasteiger partial charge in [0.15, 0.2) is 16.6 Å². The molecule has 0 aliphatic rings. The molecule has 3 aromatic carbocycles. The molecule has 0 N–H and O–H groups in total. The van der Waals surface area contributed by atoms with Gasteiger partial charge in [0.1, 0.15) is 0 Å². The van der Waals surface area contributed by atoms with Crippen molar-refractivity contribution in [1.29, 1.82) is 0 Å². The molecule has 0 saturated heterocycles. The summed E-state index contributed by atoms with van der Waals surface area (Å²) in [5, 5.41) is 0. The van der Waals surface area contributed by atoms with Crippen LogP contribution in [0, 0.1) is 0 Å². The van der Waals surface area contributed by atoms with Gasteiger partial charge in [-0.15, -0.1) is 0 Å². The lowest BCUT2D eigenvalue weighted by atomic mass is 10.1. The first-order chi connectivity index (χ1) is 22.2. The number of rotatable bonds is 9. The molecule has 0 fully saturated rings. The molecule has 3 aromatic rings. The quantitative estimate of drug-likeness (QED) is 0.207. The van der Waals surface area contributed by atoms with Gasteiger partial charge in [0.2, 0.25) is 0 Å². The van der Waals surface area contributed by atoms with Crippen molar-refractivity contribution in [3.05, 3.63) is 108 Å². The number of hydrogen-bond donors (Lipinski definition) is 0. The fourth-order valence-electron chi connectivity index (χ4n) is 3.64. The van der Waals surface area contributed by atoms with Crippen LogP contribution in [0.1, 0.15) is 112 Å². The molecule has 0 unspecified atom stereocenters. The van der Waals surface area contributed by atoms with E-state index in [1.807, 2.05) is 19.9 Å². The van der Waals surface area contributed by atoms with E-state index < -0.39 is 25.2 Å². The maximum absolute atomic E-state index is 6.30. The first-order valence-electron chi connectivity index (χ1n) is 18.7. The Morgan fingerprint density at radius 2 is 0.638 bits per heavy atom. The normalized spacial score (nSPS) is 10.1. The Balaban J connectivity index is -0.000000261. The van der Waals surface area contributed by atoms with Crippen LogP contribution in [0.3, 0.4) is 0 Å². The van der Waals surface area contributed by atoms with E-state index in [2.05, 4.69) is 187 Å². The van der Waals surface area contributed by atoms with Crippen molar-refractivity contribution in [2.24, 2.45) is 0 Å². The van der Waals surface area contributed by atoms with Crippen LogP contribution in [0.4, 0.5) is 0 Å². The van der Waals surface area contributed by atoms with Crippen LogP contribution in [0.5, 0.6) is 0 Å². The van der Waals surface area contributed by atoms with Crippen molar-refractivity contribution in [3.8, 4) is 0 Å².